The van der Waals surface area contributed by atoms with E-state index in [1.54, 1.807) is 0 Å². The lowest BCUT2D eigenvalue weighted by Crippen LogP contribution is -2.23. The molecule has 0 aliphatic rings. The molecule has 0 spiro atoms. The zero-order chi connectivity index (χ0) is 17.2. The zero-order valence-electron chi connectivity index (χ0n) is 15.7. The summed E-state index contributed by atoms with van der Waals surface area (Å²) in [6.45, 7) is 6.73. The molecule has 0 amide bonds. The van der Waals surface area contributed by atoms with Crippen LogP contribution in [0.1, 0.15) is 55.6 Å². The Balaban J connectivity index is 3.49. The highest BCUT2D eigenvalue weighted by atomic mass is 32.1. The van der Waals surface area contributed by atoms with Gasteiger partial charge in [-0.2, -0.15) is 0 Å². The molecule has 1 rings (SSSR count). The van der Waals surface area contributed by atoms with Crippen molar-refractivity contribution in [2.45, 2.75) is 43.8 Å². The van der Waals surface area contributed by atoms with Crippen LogP contribution >= 0.6 is 12.6 Å². The number of rotatable bonds is 6. The van der Waals surface area contributed by atoms with Gasteiger partial charge in [-0.1, -0.05) is 12.1 Å². The fourth-order valence-corrected chi connectivity index (χ4v) is 2.94. The predicted octanol–water partition coefficient (Wildman–Crippen LogP) is 3.84. The fourth-order valence-electron chi connectivity index (χ4n) is 2.44. The van der Waals surface area contributed by atoms with Crippen molar-refractivity contribution in [3.05, 3.63) is 28.8 Å². The van der Waals surface area contributed by atoms with Crippen LogP contribution in [0.4, 0.5) is 0 Å². The highest BCUT2D eigenvalue weighted by Gasteiger charge is 2.21. The second-order valence-corrected chi connectivity index (χ2v) is 7.41. The smallest absolute Gasteiger partial charge is 0.0325 e. The van der Waals surface area contributed by atoms with Crippen molar-refractivity contribution < 1.29 is 0 Å². The van der Waals surface area contributed by atoms with Crippen LogP contribution in [0.2, 0.25) is 0 Å². The van der Waals surface area contributed by atoms with E-state index in [1.165, 1.54) is 16.7 Å². The van der Waals surface area contributed by atoms with Crippen LogP contribution in [0.5, 0.6) is 0 Å². The first-order valence-electron chi connectivity index (χ1n) is 7.93. The number of thiol groups is 1. The number of nitrogens with zero attached hydrogens (tertiary/aromatic N) is 3. The molecule has 0 radical (unpaired) electrons. The van der Waals surface area contributed by atoms with Crippen LogP contribution in [-0.4, -0.2) is 57.0 Å². The summed E-state index contributed by atoms with van der Waals surface area (Å²) in [7, 11) is 12.7. The van der Waals surface area contributed by atoms with E-state index in [1.807, 2.05) is 0 Å². The van der Waals surface area contributed by atoms with Crippen LogP contribution in [0.15, 0.2) is 17.0 Å². The van der Waals surface area contributed by atoms with Gasteiger partial charge in [-0.25, -0.2) is 0 Å². The van der Waals surface area contributed by atoms with E-state index in [2.05, 4.69) is 89.9 Å². The molecule has 0 N–H and O–H groups in total. The minimum absolute atomic E-state index is 0.343. The first-order chi connectivity index (χ1) is 10.1. The minimum Gasteiger partial charge on any atom is -0.303 e. The SMILES string of the molecule is CC(c1cc(C(C)N(C)C)c(S)c(C(C)N(C)C)c1)N(C)C. The number of benzene rings is 1. The largest absolute Gasteiger partial charge is 0.303 e. The lowest BCUT2D eigenvalue weighted by atomic mass is 9.93. The Morgan fingerprint density at radius 3 is 1.27 bits per heavy atom. The summed E-state index contributed by atoms with van der Waals surface area (Å²) in [5, 5.41) is 0. The van der Waals surface area contributed by atoms with Gasteiger partial charge in [-0.15, -0.1) is 12.6 Å². The van der Waals surface area contributed by atoms with Crippen LogP contribution in [0.25, 0.3) is 0 Å². The van der Waals surface area contributed by atoms with Crippen LogP contribution in [0, 0.1) is 0 Å². The van der Waals surface area contributed by atoms with E-state index in [0.29, 0.717) is 18.1 Å². The van der Waals surface area contributed by atoms with Crippen LogP contribution in [0.3, 0.4) is 0 Å². The van der Waals surface area contributed by atoms with Crippen molar-refractivity contribution >= 4 is 12.6 Å². The Morgan fingerprint density at radius 2 is 1.00 bits per heavy atom. The molecule has 0 saturated carbocycles. The maximum Gasteiger partial charge on any atom is 0.0325 e. The second-order valence-electron chi connectivity index (χ2n) is 6.97. The van der Waals surface area contributed by atoms with Gasteiger partial charge in [0.2, 0.25) is 0 Å². The van der Waals surface area contributed by atoms with Crippen molar-refractivity contribution in [3.63, 3.8) is 0 Å². The van der Waals surface area contributed by atoms with E-state index >= 15 is 0 Å². The lowest BCUT2D eigenvalue weighted by molar-refractivity contribution is 0.300. The van der Waals surface area contributed by atoms with Gasteiger partial charge in [0.25, 0.3) is 0 Å². The normalized spacial score (nSPS) is 16.4. The zero-order valence-corrected chi connectivity index (χ0v) is 16.6. The first-order valence-corrected chi connectivity index (χ1v) is 8.38. The number of hydrogen-bond donors (Lipinski definition) is 1. The summed E-state index contributed by atoms with van der Waals surface area (Å²) in [5.41, 5.74) is 3.97. The molecule has 0 bridgehead atoms. The predicted molar refractivity (Wildman–Crippen MR) is 100 cm³/mol. The van der Waals surface area contributed by atoms with Gasteiger partial charge in [0.05, 0.1) is 0 Å². The summed E-state index contributed by atoms with van der Waals surface area (Å²) in [6, 6.07) is 5.72. The molecular weight excluding hydrogens is 290 g/mol. The molecule has 1 aromatic rings. The molecule has 126 valence electrons. The average Bonchev–Trinajstić information content (AvgIpc) is 2.44. The third-order valence-electron chi connectivity index (χ3n) is 4.90. The summed E-state index contributed by atoms with van der Waals surface area (Å²) < 4.78 is 0. The van der Waals surface area contributed by atoms with Crippen LogP contribution in [-0.2, 0) is 0 Å². The van der Waals surface area contributed by atoms with Gasteiger partial charge in [-0.05, 0) is 79.7 Å². The molecular formula is C18H33N3S. The van der Waals surface area contributed by atoms with E-state index < -0.39 is 0 Å². The Hall–Kier alpha value is -0.550. The molecule has 0 heterocycles. The summed E-state index contributed by atoms with van der Waals surface area (Å²) >= 11 is 4.88. The molecule has 3 atom stereocenters. The van der Waals surface area contributed by atoms with Gasteiger partial charge in [0, 0.05) is 23.0 Å². The summed E-state index contributed by atoms with van der Waals surface area (Å²) in [4.78, 5) is 7.85. The maximum absolute atomic E-state index is 4.88. The van der Waals surface area contributed by atoms with Crippen molar-refractivity contribution in [1.29, 1.82) is 0 Å². The monoisotopic (exact) mass is 323 g/mol. The molecule has 0 aliphatic carbocycles. The molecule has 0 aliphatic heterocycles. The quantitative estimate of drug-likeness (QED) is 0.797. The van der Waals surface area contributed by atoms with E-state index in [4.69, 9.17) is 12.6 Å². The molecule has 1 aromatic carbocycles. The van der Waals surface area contributed by atoms with Gasteiger partial charge < -0.3 is 14.7 Å². The molecule has 3 unspecified atom stereocenters. The van der Waals surface area contributed by atoms with Crippen molar-refractivity contribution in [2.75, 3.05) is 42.3 Å². The Bertz CT molecular complexity index is 462. The summed E-state index contributed by atoms with van der Waals surface area (Å²) in [6.07, 6.45) is 0. The Labute approximate surface area is 142 Å². The molecule has 0 fully saturated rings. The molecule has 4 heteroatoms. The lowest BCUT2D eigenvalue weighted by Gasteiger charge is -2.30. The average molecular weight is 324 g/mol. The third kappa shape index (κ3) is 4.25. The van der Waals surface area contributed by atoms with Gasteiger partial charge in [0.15, 0.2) is 0 Å². The van der Waals surface area contributed by atoms with Crippen molar-refractivity contribution in [1.82, 2.24) is 14.7 Å². The molecule has 0 aromatic heterocycles. The Morgan fingerprint density at radius 1 is 0.682 bits per heavy atom. The highest BCUT2D eigenvalue weighted by molar-refractivity contribution is 7.80. The standard InChI is InChI=1S/C18H33N3S/c1-12(19(4)5)15-10-16(13(2)20(6)7)18(22)17(11-15)14(3)21(8)9/h10-14,22H,1-9H3. The number of hydrogen-bond acceptors (Lipinski definition) is 4. The second kappa shape index (κ2) is 7.82. The highest BCUT2D eigenvalue weighted by Crippen LogP contribution is 2.36. The van der Waals surface area contributed by atoms with E-state index in [9.17, 15) is 0 Å². The molecule has 22 heavy (non-hydrogen) atoms. The van der Waals surface area contributed by atoms with Gasteiger partial charge in [-0.3, -0.25) is 0 Å². The van der Waals surface area contributed by atoms with E-state index in [-0.39, 0.29) is 0 Å². The molecule has 3 nitrogen and oxygen atoms in total. The van der Waals surface area contributed by atoms with Gasteiger partial charge in [0.1, 0.15) is 0 Å². The van der Waals surface area contributed by atoms with Gasteiger partial charge >= 0.3 is 0 Å². The van der Waals surface area contributed by atoms with E-state index in [0.717, 1.165) is 4.90 Å². The summed E-state index contributed by atoms with van der Waals surface area (Å²) in [5.74, 6) is 0. The minimum atomic E-state index is 0.343. The van der Waals surface area contributed by atoms with Crippen LogP contribution < -0.4 is 0 Å². The molecule has 0 saturated heterocycles. The Kier molecular flexibility index (Phi) is 6.93. The maximum atomic E-state index is 4.88. The van der Waals surface area contributed by atoms with Crippen molar-refractivity contribution in [2.24, 2.45) is 0 Å². The van der Waals surface area contributed by atoms with Crippen molar-refractivity contribution in [3.8, 4) is 0 Å². The first kappa shape index (κ1) is 19.5. The fraction of sp³-hybridized carbons (Fsp3) is 0.667. The third-order valence-corrected chi connectivity index (χ3v) is 5.41. The topological polar surface area (TPSA) is 9.72 Å².